The zero-order chi connectivity index (χ0) is 17.8. The van der Waals surface area contributed by atoms with E-state index in [-0.39, 0.29) is 18.9 Å². The average Bonchev–Trinajstić information content (AvgIpc) is 3.00. The topological polar surface area (TPSA) is 74.0 Å². The number of H-pyrrole nitrogens is 1. The number of para-hydroxylation sites is 2. The smallest absolute Gasteiger partial charge is 0.243 e. The zero-order valence-corrected chi connectivity index (χ0v) is 13.1. The van der Waals surface area contributed by atoms with Gasteiger partial charge < -0.3 is 15.6 Å². The summed E-state index contributed by atoms with van der Waals surface area (Å²) in [5.41, 5.74) is 1.19. The lowest BCUT2D eigenvalue weighted by atomic mass is 10.1. The van der Waals surface area contributed by atoms with Crippen molar-refractivity contribution in [1.29, 1.82) is 0 Å². The van der Waals surface area contributed by atoms with Crippen LogP contribution in [0.5, 0.6) is 0 Å². The van der Waals surface area contributed by atoms with E-state index in [0.29, 0.717) is 0 Å². The van der Waals surface area contributed by atoms with E-state index in [4.69, 9.17) is 0 Å². The van der Waals surface area contributed by atoms with Crippen LogP contribution >= 0.6 is 0 Å². The molecule has 0 unspecified atom stereocenters. The van der Waals surface area contributed by atoms with Crippen molar-refractivity contribution >= 4 is 28.4 Å². The highest BCUT2D eigenvalue weighted by Crippen LogP contribution is 2.18. The fraction of sp³-hybridized carbons (Fsp3) is 0.111. The van der Waals surface area contributed by atoms with Gasteiger partial charge in [-0.2, -0.15) is 0 Å². The highest BCUT2D eigenvalue weighted by molar-refractivity contribution is 5.95. The van der Waals surface area contributed by atoms with Crippen LogP contribution in [0.1, 0.15) is 5.56 Å². The summed E-state index contributed by atoms with van der Waals surface area (Å²) in [4.78, 5) is 26.8. The highest BCUT2D eigenvalue weighted by Gasteiger charge is 2.13. The third-order valence-electron chi connectivity index (χ3n) is 3.70. The second kappa shape index (κ2) is 7.12. The number of carbonyl (C=O) groups excluding carboxylic acids is 2. The zero-order valence-electron chi connectivity index (χ0n) is 13.1. The standard InChI is InChI=1S/C18H15F2N3O2/c19-13-5-3-6-14(20)18(13)23-17(25)10-22-16(24)8-11-9-21-15-7-2-1-4-12(11)15/h1-7,9,21H,8,10H2,(H,22,24)(H,23,25). The van der Waals surface area contributed by atoms with Gasteiger partial charge in [0, 0.05) is 17.1 Å². The normalized spacial score (nSPS) is 10.6. The lowest BCUT2D eigenvalue weighted by Crippen LogP contribution is -2.34. The van der Waals surface area contributed by atoms with Crippen LogP contribution in [-0.2, 0) is 16.0 Å². The fourth-order valence-electron chi connectivity index (χ4n) is 2.49. The van der Waals surface area contributed by atoms with E-state index < -0.39 is 23.2 Å². The van der Waals surface area contributed by atoms with Gasteiger partial charge in [0.15, 0.2) is 0 Å². The van der Waals surface area contributed by atoms with Gasteiger partial charge in [-0.25, -0.2) is 8.78 Å². The molecule has 0 atom stereocenters. The lowest BCUT2D eigenvalue weighted by Gasteiger charge is -2.08. The molecule has 2 aromatic carbocycles. The van der Waals surface area contributed by atoms with Gasteiger partial charge >= 0.3 is 0 Å². The molecule has 0 saturated heterocycles. The van der Waals surface area contributed by atoms with Crippen molar-refractivity contribution in [2.45, 2.75) is 6.42 Å². The minimum Gasteiger partial charge on any atom is -0.361 e. The van der Waals surface area contributed by atoms with E-state index in [0.717, 1.165) is 28.6 Å². The number of aromatic amines is 1. The number of nitrogens with one attached hydrogen (secondary N) is 3. The van der Waals surface area contributed by atoms with E-state index in [1.165, 1.54) is 6.07 Å². The van der Waals surface area contributed by atoms with E-state index in [1.807, 2.05) is 24.3 Å². The van der Waals surface area contributed by atoms with Gasteiger partial charge in [-0.3, -0.25) is 9.59 Å². The number of amides is 2. The first kappa shape index (κ1) is 16.6. The van der Waals surface area contributed by atoms with Crippen molar-refractivity contribution in [2.24, 2.45) is 0 Å². The molecule has 0 bridgehead atoms. The summed E-state index contributed by atoms with van der Waals surface area (Å²) in [7, 11) is 0. The monoisotopic (exact) mass is 343 g/mol. The Bertz CT molecular complexity index is 917. The van der Waals surface area contributed by atoms with E-state index in [1.54, 1.807) is 6.20 Å². The molecule has 0 aliphatic heterocycles. The summed E-state index contributed by atoms with van der Waals surface area (Å²) in [6.07, 6.45) is 1.82. The molecule has 0 aliphatic rings. The Morgan fingerprint density at radius 2 is 1.68 bits per heavy atom. The SMILES string of the molecule is O=C(Cc1c[nH]c2ccccc12)NCC(=O)Nc1c(F)cccc1F. The maximum Gasteiger partial charge on any atom is 0.243 e. The van der Waals surface area contributed by atoms with Crippen LogP contribution in [0, 0.1) is 11.6 Å². The number of carbonyl (C=O) groups is 2. The molecule has 0 aliphatic carbocycles. The number of halogens is 2. The summed E-state index contributed by atoms with van der Waals surface area (Å²) in [6, 6.07) is 10.8. The van der Waals surface area contributed by atoms with Gasteiger partial charge in [0.2, 0.25) is 11.8 Å². The van der Waals surface area contributed by atoms with Crippen LogP contribution in [0.25, 0.3) is 10.9 Å². The van der Waals surface area contributed by atoms with Gasteiger partial charge in [0.25, 0.3) is 0 Å². The quantitative estimate of drug-likeness (QED) is 0.666. The number of aromatic nitrogens is 1. The van der Waals surface area contributed by atoms with E-state index >= 15 is 0 Å². The summed E-state index contributed by atoms with van der Waals surface area (Å²) in [5, 5.41) is 5.47. The molecule has 0 spiro atoms. The second-order valence-electron chi connectivity index (χ2n) is 5.46. The molecule has 7 heteroatoms. The molecule has 0 saturated carbocycles. The molecule has 1 heterocycles. The molecular formula is C18H15F2N3O2. The molecule has 0 radical (unpaired) electrons. The summed E-state index contributed by atoms with van der Waals surface area (Å²) >= 11 is 0. The number of hydrogen-bond acceptors (Lipinski definition) is 2. The molecular weight excluding hydrogens is 328 g/mol. The minimum absolute atomic E-state index is 0.0886. The largest absolute Gasteiger partial charge is 0.361 e. The Labute approximate surface area is 142 Å². The molecule has 128 valence electrons. The van der Waals surface area contributed by atoms with Gasteiger partial charge in [0.05, 0.1) is 13.0 Å². The number of fused-ring (bicyclic) bond motifs is 1. The molecule has 25 heavy (non-hydrogen) atoms. The van der Waals surface area contributed by atoms with Gasteiger partial charge in [-0.1, -0.05) is 24.3 Å². The molecule has 3 aromatic rings. The molecule has 0 fully saturated rings. The Balaban J connectivity index is 1.56. The maximum atomic E-state index is 13.5. The van der Waals surface area contributed by atoms with Crippen molar-refractivity contribution < 1.29 is 18.4 Å². The fourth-order valence-corrected chi connectivity index (χ4v) is 2.49. The second-order valence-corrected chi connectivity index (χ2v) is 5.46. The Morgan fingerprint density at radius 3 is 2.44 bits per heavy atom. The Kier molecular flexibility index (Phi) is 4.74. The van der Waals surface area contributed by atoms with Crippen LogP contribution in [0.2, 0.25) is 0 Å². The average molecular weight is 343 g/mol. The first-order valence-electron chi connectivity index (χ1n) is 7.60. The van der Waals surface area contributed by atoms with Crippen LogP contribution in [0.3, 0.4) is 0 Å². The predicted molar refractivity (Wildman–Crippen MR) is 90.0 cm³/mol. The summed E-state index contributed by atoms with van der Waals surface area (Å²) < 4.78 is 26.9. The van der Waals surface area contributed by atoms with Crippen molar-refractivity contribution in [1.82, 2.24) is 10.3 Å². The number of anilines is 1. The predicted octanol–water partition coefficient (Wildman–Crippen LogP) is 2.74. The van der Waals surface area contributed by atoms with Crippen LogP contribution in [0.15, 0.2) is 48.7 Å². The molecule has 2 amide bonds. The number of benzene rings is 2. The molecule has 3 rings (SSSR count). The van der Waals surface area contributed by atoms with E-state index in [9.17, 15) is 18.4 Å². The van der Waals surface area contributed by atoms with Gasteiger partial charge in [0.1, 0.15) is 17.3 Å². The van der Waals surface area contributed by atoms with Crippen LogP contribution < -0.4 is 10.6 Å². The minimum atomic E-state index is -0.876. The van der Waals surface area contributed by atoms with Crippen LogP contribution in [0.4, 0.5) is 14.5 Å². The number of rotatable bonds is 5. The number of hydrogen-bond donors (Lipinski definition) is 3. The Hall–Kier alpha value is -3.22. The van der Waals surface area contributed by atoms with Crippen molar-refractivity contribution in [3.8, 4) is 0 Å². The van der Waals surface area contributed by atoms with Crippen molar-refractivity contribution in [3.05, 3.63) is 65.9 Å². The van der Waals surface area contributed by atoms with Crippen molar-refractivity contribution in [2.75, 3.05) is 11.9 Å². The van der Waals surface area contributed by atoms with E-state index in [2.05, 4.69) is 15.6 Å². The third-order valence-corrected chi connectivity index (χ3v) is 3.70. The molecule has 1 aromatic heterocycles. The molecule has 3 N–H and O–H groups in total. The third kappa shape index (κ3) is 3.82. The summed E-state index contributed by atoms with van der Waals surface area (Å²) in [6.45, 7) is -0.380. The van der Waals surface area contributed by atoms with Crippen molar-refractivity contribution in [3.63, 3.8) is 0 Å². The van der Waals surface area contributed by atoms with Gasteiger partial charge in [-0.15, -0.1) is 0 Å². The summed E-state index contributed by atoms with van der Waals surface area (Å²) in [5.74, 6) is -2.83. The molecule has 5 nitrogen and oxygen atoms in total. The van der Waals surface area contributed by atoms with Crippen LogP contribution in [-0.4, -0.2) is 23.3 Å². The lowest BCUT2D eigenvalue weighted by molar-refractivity contribution is -0.123. The highest BCUT2D eigenvalue weighted by atomic mass is 19.1. The first-order chi connectivity index (χ1) is 12.0. The maximum absolute atomic E-state index is 13.5. The van der Waals surface area contributed by atoms with Gasteiger partial charge in [-0.05, 0) is 23.8 Å². The Morgan fingerprint density at radius 1 is 0.960 bits per heavy atom. The first-order valence-corrected chi connectivity index (χ1v) is 7.60.